The van der Waals surface area contributed by atoms with Gasteiger partial charge in [-0.05, 0) is 18.2 Å². The number of nitrogens with zero attached hydrogens (tertiary/aromatic N) is 5. The zero-order valence-electron chi connectivity index (χ0n) is 15.6. The molecule has 146 valence electrons. The predicted molar refractivity (Wildman–Crippen MR) is 100 cm³/mol. The molecule has 0 unspecified atom stereocenters. The third kappa shape index (κ3) is 4.40. The fourth-order valence-corrected chi connectivity index (χ4v) is 2.46. The molecule has 0 aliphatic rings. The average Bonchev–Trinajstić information content (AvgIpc) is 3.05. The van der Waals surface area contributed by atoms with E-state index in [2.05, 4.69) is 25.7 Å². The Kier molecular flexibility index (Phi) is 5.48. The Morgan fingerprint density at radius 1 is 1.25 bits per heavy atom. The minimum Gasteiger partial charge on any atom is -0.366 e. The molecule has 0 atom stereocenters. The minimum absolute atomic E-state index is 0.0475. The second kappa shape index (κ2) is 7.99. The van der Waals surface area contributed by atoms with Gasteiger partial charge < -0.3 is 15.5 Å². The highest BCUT2D eigenvalue weighted by atomic mass is 19.1. The number of hydrogen-bond acceptors (Lipinski definition) is 6. The van der Waals surface area contributed by atoms with E-state index in [1.54, 1.807) is 30.2 Å². The number of nitrogens with one attached hydrogen (secondary N) is 2. The third-order valence-corrected chi connectivity index (χ3v) is 3.86. The van der Waals surface area contributed by atoms with Crippen LogP contribution in [-0.2, 0) is 13.6 Å². The van der Waals surface area contributed by atoms with Gasteiger partial charge in [-0.15, -0.1) is 0 Å². The van der Waals surface area contributed by atoms with E-state index in [-0.39, 0.29) is 17.7 Å². The van der Waals surface area contributed by atoms with Gasteiger partial charge in [-0.25, -0.2) is 13.8 Å². The largest absolute Gasteiger partial charge is 0.366 e. The number of aryl methyl sites for hydroxylation is 1. The first-order valence-corrected chi connectivity index (χ1v) is 8.35. The van der Waals surface area contributed by atoms with Crippen LogP contribution in [0.1, 0.15) is 15.9 Å². The summed E-state index contributed by atoms with van der Waals surface area (Å²) in [6, 6.07) is 3.63. The molecule has 0 bridgehead atoms. The van der Waals surface area contributed by atoms with Gasteiger partial charge >= 0.3 is 0 Å². The number of aromatic nitrogens is 4. The second-order valence-electron chi connectivity index (χ2n) is 6.26. The lowest BCUT2D eigenvalue weighted by molar-refractivity contribution is 0.0826. The van der Waals surface area contributed by atoms with Gasteiger partial charge in [-0.3, -0.25) is 9.48 Å². The Morgan fingerprint density at radius 2 is 1.96 bits per heavy atom. The first-order chi connectivity index (χ1) is 13.3. The Hall–Kier alpha value is -3.56. The zero-order chi connectivity index (χ0) is 20.3. The monoisotopic (exact) mass is 387 g/mol. The molecule has 0 aliphatic heterocycles. The normalized spacial score (nSPS) is 10.6. The summed E-state index contributed by atoms with van der Waals surface area (Å²) >= 11 is 0. The number of hydrogen-bond donors (Lipinski definition) is 2. The molecule has 10 heteroatoms. The Balaban J connectivity index is 1.72. The number of benzene rings is 1. The minimum atomic E-state index is -0.805. The van der Waals surface area contributed by atoms with Crippen LogP contribution < -0.4 is 10.6 Å². The molecule has 0 radical (unpaired) electrons. The molecular formula is C18H19F2N7O. The maximum absolute atomic E-state index is 14.3. The van der Waals surface area contributed by atoms with Crippen LogP contribution in [0.4, 0.5) is 26.2 Å². The molecular weight excluding hydrogens is 368 g/mol. The molecule has 28 heavy (non-hydrogen) atoms. The molecule has 8 nitrogen and oxygen atoms in total. The quantitative estimate of drug-likeness (QED) is 0.676. The number of rotatable bonds is 6. The number of amides is 1. The van der Waals surface area contributed by atoms with E-state index in [1.165, 1.54) is 25.2 Å². The van der Waals surface area contributed by atoms with Crippen molar-refractivity contribution in [3.63, 3.8) is 0 Å². The molecule has 2 N–H and O–H groups in total. The molecule has 3 rings (SSSR count). The van der Waals surface area contributed by atoms with E-state index in [1.807, 2.05) is 0 Å². The lowest BCUT2D eigenvalue weighted by atomic mass is 10.1. The lowest BCUT2D eigenvalue weighted by Gasteiger charge is -2.13. The van der Waals surface area contributed by atoms with E-state index in [9.17, 15) is 13.6 Å². The highest BCUT2D eigenvalue weighted by molar-refractivity contribution is 5.94. The summed E-state index contributed by atoms with van der Waals surface area (Å²) in [4.78, 5) is 21.5. The van der Waals surface area contributed by atoms with E-state index in [4.69, 9.17) is 0 Å². The molecule has 0 saturated heterocycles. The molecule has 1 aromatic carbocycles. The van der Waals surface area contributed by atoms with Crippen molar-refractivity contribution in [2.24, 2.45) is 7.05 Å². The lowest BCUT2D eigenvalue weighted by Crippen LogP contribution is -2.22. The van der Waals surface area contributed by atoms with Gasteiger partial charge in [-0.1, -0.05) is 0 Å². The molecule has 3 aromatic rings. The van der Waals surface area contributed by atoms with Gasteiger partial charge in [0.1, 0.15) is 17.5 Å². The van der Waals surface area contributed by atoms with Crippen molar-refractivity contribution < 1.29 is 13.6 Å². The Labute approximate surface area is 160 Å². The molecule has 2 aromatic heterocycles. The summed E-state index contributed by atoms with van der Waals surface area (Å²) in [7, 11) is 4.81. The van der Waals surface area contributed by atoms with Crippen LogP contribution in [0, 0.1) is 11.6 Å². The molecule has 0 fully saturated rings. The molecule has 0 saturated carbocycles. The molecule has 0 spiro atoms. The van der Waals surface area contributed by atoms with Gasteiger partial charge in [0.15, 0.2) is 0 Å². The van der Waals surface area contributed by atoms with Crippen molar-refractivity contribution in [3.05, 3.63) is 59.6 Å². The Morgan fingerprint density at radius 3 is 2.57 bits per heavy atom. The smallest absolute Gasteiger partial charge is 0.253 e. The first-order valence-electron chi connectivity index (χ1n) is 8.35. The summed E-state index contributed by atoms with van der Waals surface area (Å²) in [5, 5.41) is 9.87. The van der Waals surface area contributed by atoms with Crippen LogP contribution in [-0.4, -0.2) is 44.7 Å². The fraction of sp³-hybridized carbons (Fsp3) is 0.222. The van der Waals surface area contributed by atoms with Gasteiger partial charge in [0.05, 0.1) is 11.9 Å². The van der Waals surface area contributed by atoms with Gasteiger partial charge in [0, 0.05) is 51.2 Å². The van der Waals surface area contributed by atoms with Crippen molar-refractivity contribution in [3.8, 4) is 0 Å². The zero-order valence-corrected chi connectivity index (χ0v) is 15.6. The second-order valence-corrected chi connectivity index (χ2v) is 6.26. The van der Waals surface area contributed by atoms with E-state index in [0.29, 0.717) is 17.5 Å². The topological polar surface area (TPSA) is 88.0 Å². The average molecular weight is 387 g/mol. The standard InChI is InChI=1S/C18H19F2N7O/c1-26(2)17(28)11-6-14(19)13(15(20)7-11)9-22-16-4-5-21-18(25-16)24-12-8-23-27(3)10-12/h4-8,10H,9H2,1-3H3,(H2,21,22,24,25). The number of carbonyl (C=O) groups excluding carboxylic acids is 1. The number of carbonyl (C=O) groups is 1. The molecule has 0 aliphatic carbocycles. The summed E-state index contributed by atoms with van der Waals surface area (Å²) in [5.41, 5.74) is 0.474. The van der Waals surface area contributed by atoms with Crippen LogP contribution >= 0.6 is 0 Å². The van der Waals surface area contributed by atoms with Crippen molar-refractivity contribution in [1.29, 1.82) is 0 Å². The maximum Gasteiger partial charge on any atom is 0.253 e. The summed E-state index contributed by atoms with van der Waals surface area (Å²) < 4.78 is 30.2. The Bertz CT molecular complexity index is 980. The van der Waals surface area contributed by atoms with Crippen molar-refractivity contribution >= 4 is 23.4 Å². The van der Waals surface area contributed by atoms with Crippen molar-refractivity contribution in [1.82, 2.24) is 24.6 Å². The van der Waals surface area contributed by atoms with Crippen LogP contribution in [0.15, 0.2) is 36.8 Å². The molecule has 1 amide bonds. The van der Waals surface area contributed by atoms with Crippen molar-refractivity contribution in [2.75, 3.05) is 24.7 Å². The van der Waals surface area contributed by atoms with Crippen LogP contribution in [0.3, 0.4) is 0 Å². The summed E-state index contributed by atoms with van der Waals surface area (Å²) in [6.07, 6.45) is 4.88. The number of halogens is 2. The van der Waals surface area contributed by atoms with Crippen LogP contribution in [0.5, 0.6) is 0 Å². The molecule has 2 heterocycles. The van der Waals surface area contributed by atoms with Gasteiger partial charge in [0.2, 0.25) is 5.95 Å². The predicted octanol–water partition coefficient (Wildman–Crippen LogP) is 2.55. The van der Waals surface area contributed by atoms with E-state index < -0.39 is 17.5 Å². The van der Waals surface area contributed by atoms with E-state index in [0.717, 1.165) is 12.1 Å². The summed E-state index contributed by atoms with van der Waals surface area (Å²) in [6.45, 7) is -0.141. The number of anilines is 3. The fourth-order valence-electron chi connectivity index (χ4n) is 2.46. The maximum atomic E-state index is 14.3. The summed E-state index contributed by atoms with van der Waals surface area (Å²) in [5.74, 6) is -1.39. The third-order valence-electron chi connectivity index (χ3n) is 3.86. The highest BCUT2D eigenvalue weighted by Crippen LogP contribution is 2.19. The SMILES string of the molecule is CN(C)C(=O)c1cc(F)c(CNc2ccnc(Nc3cnn(C)c3)n2)c(F)c1. The van der Waals surface area contributed by atoms with Crippen molar-refractivity contribution in [2.45, 2.75) is 6.54 Å². The highest BCUT2D eigenvalue weighted by Gasteiger charge is 2.16. The van der Waals surface area contributed by atoms with Gasteiger partial charge in [0.25, 0.3) is 5.91 Å². The first kappa shape index (κ1) is 19.2. The van der Waals surface area contributed by atoms with Crippen LogP contribution in [0.25, 0.3) is 0 Å². The van der Waals surface area contributed by atoms with Gasteiger partial charge in [-0.2, -0.15) is 10.1 Å². The van der Waals surface area contributed by atoms with Crippen LogP contribution in [0.2, 0.25) is 0 Å². The van der Waals surface area contributed by atoms with E-state index >= 15 is 0 Å².